The van der Waals surface area contributed by atoms with Gasteiger partial charge in [-0.25, -0.2) is 9.97 Å². The molecule has 3 heterocycles. The standard InChI is InChI=1S/C20H17ClN4O3S2/c1-2-28-18(27)7-14-10-29-19(22-14)24-17(26)8-15-11-30-20-23-16(9-25(15)20)12-3-5-13(21)6-4-12/h3-6,9-11H,2,7-8H2,1H3,(H,22,24,26). The van der Waals surface area contributed by atoms with Gasteiger partial charge < -0.3 is 10.1 Å². The molecule has 30 heavy (non-hydrogen) atoms. The van der Waals surface area contributed by atoms with Crippen molar-refractivity contribution in [3.05, 3.63) is 57.6 Å². The smallest absolute Gasteiger partial charge is 0.311 e. The van der Waals surface area contributed by atoms with Gasteiger partial charge in [-0.15, -0.1) is 22.7 Å². The van der Waals surface area contributed by atoms with E-state index in [1.165, 1.54) is 22.7 Å². The highest BCUT2D eigenvalue weighted by Crippen LogP contribution is 2.25. The van der Waals surface area contributed by atoms with Gasteiger partial charge in [-0.05, 0) is 19.1 Å². The van der Waals surface area contributed by atoms with Gasteiger partial charge in [-0.3, -0.25) is 14.0 Å². The molecule has 1 aromatic carbocycles. The molecule has 0 aliphatic carbocycles. The molecule has 3 aromatic heterocycles. The lowest BCUT2D eigenvalue weighted by atomic mass is 10.2. The highest BCUT2D eigenvalue weighted by molar-refractivity contribution is 7.15. The van der Waals surface area contributed by atoms with Crippen LogP contribution in [-0.2, 0) is 27.2 Å². The molecule has 0 saturated heterocycles. The Bertz CT molecular complexity index is 1200. The van der Waals surface area contributed by atoms with E-state index >= 15 is 0 Å². The van der Waals surface area contributed by atoms with Crippen molar-refractivity contribution in [2.75, 3.05) is 11.9 Å². The molecule has 0 spiro atoms. The fraction of sp³-hybridized carbons (Fsp3) is 0.200. The lowest BCUT2D eigenvalue weighted by Crippen LogP contribution is -2.15. The van der Waals surface area contributed by atoms with Gasteiger partial charge in [0.15, 0.2) is 10.1 Å². The fourth-order valence-electron chi connectivity index (χ4n) is 2.85. The van der Waals surface area contributed by atoms with Crippen LogP contribution in [0.4, 0.5) is 5.13 Å². The molecule has 4 rings (SSSR count). The maximum atomic E-state index is 12.5. The molecule has 0 aliphatic heterocycles. The number of esters is 1. The van der Waals surface area contributed by atoms with Crippen molar-refractivity contribution in [2.24, 2.45) is 0 Å². The van der Waals surface area contributed by atoms with E-state index in [4.69, 9.17) is 16.3 Å². The molecule has 0 fully saturated rings. The van der Waals surface area contributed by atoms with Gasteiger partial charge >= 0.3 is 5.97 Å². The van der Waals surface area contributed by atoms with Crippen LogP contribution < -0.4 is 5.32 Å². The van der Waals surface area contributed by atoms with Crippen molar-refractivity contribution in [1.82, 2.24) is 14.4 Å². The topological polar surface area (TPSA) is 85.6 Å². The first-order valence-corrected chi connectivity index (χ1v) is 11.3. The first kappa shape index (κ1) is 20.5. The second-order valence-corrected chi connectivity index (χ2v) is 8.49. The van der Waals surface area contributed by atoms with Crippen LogP contribution >= 0.6 is 34.3 Å². The van der Waals surface area contributed by atoms with Gasteiger partial charge in [0.1, 0.15) is 0 Å². The summed E-state index contributed by atoms with van der Waals surface area (Å²) >= 11 is 8.71. The Morgan fingerprint density at radius 2 is 1.93 bits per heavy atom. The number of ether oxygens (including phenoxy) is 1. The number of benzene rings is 1. The average Bonchev–Trinajstić information content (AvgIpc) is 3.40. The lowest BCUT2D eigenvalue weighted by molar-refractivity contribution is -0.142. The zero-order valence-electron chi connectivity index (χ0n) is 15.9. The molecule has 7 nitrogen and oxygen atoms in total. The monoisotopic (exact) mass is 460 g/mol. The van der Waals surface area contributed by atoms with Crippen LogP contribution in [0.25, 0.3) is 16.2 Å². The number of aromatic nitrogens is 3. The first-order chi connectivity index (χ1) is 14.5. The lowest BCUT2D eigenvalue weighted by Gasteiger charge is -2.01. The Kier molecular flexibility index (Phi) is 6.12. The number of carbonyl (C=O) groups is 2. The number of hydrogen-bond acceptors (Lipinski definition) is 7. The molecule has 4 aromatic rings. The SMILES string of the molecule is CCOC(=O)Cc1csc(NC(=O)Cc2csc3nc(-c4ccc(Cl)cc4)cn23)n1. The van der Waals surface area contributed by atoms with Gasteiger partial charge in [-0.1, -0.05) is 23.7 Å². The minimum Gasteiger partial charge on any atom is -0.466 e. The summed E-state index contributed by atoms with van der Waals surface area (Å²) in [4.78, 5) is 33.7. The quantitative estimate of drug-likeness (QED) is 0.411. The maximum Gasteiger partial charge on any atom is 0.311 e. The summed E-state index contributed by atoms with van der Waals surface area (Å²) in [5.74, 6) is -0.522. The van der Waals surface area contributed by atoms with Crippen LogP contribution in [0.5, 0.6) is 0 Å². The number of halogens is 1. The first-order valence-electron chi connectivity index (χ1n) is 9.13. The Morgan fingerprint density at radius 1 is 1.13 bits per heavy atom. The number of rotatable bonds is 7. The van der Waals surface area contributed by atoms with Gasteiger partial charge in [0, 0.05) is 33.2 Å². The zero-order chi connectivity index (χ0) is 21.1. The summed E-state index contributed by atoms with van der Waals surface area (Å²) in [6.07, 6.45) is 2.19. The summed E-state index contributed by atoms with van der Waals surface area (Å²) in [7, 11) is 0. The van der Waals surface area contributed by atoms with Gasteiger partial charge in [0.25, 0.3) is 0 Å². The van der Waals surface area contributed by atoms with Crippen LogP contribution in [0.3, 0.4) is 0 Å². The molecule has 1 amide bonds. The highest BCUT2D eigenvalue weighted by Gasteiger charge is 2.15. The number of amides is 1. The summed E-state index contributed by atoms with van der Waals surface area (Å²) in [6, 6.07) is 7.47. The van der Waals surface area contributed by atoms with Gasteiger partial charge in [0.2, 0.25) is 5.91 Å². The molecule has 0 radical (unpaired) electrons. The predicted molar refractivity (Wildman–Crippen MR) is 118 cm³/mol. The molecule has 0 saturated carbocycles. The third kappa shape index (κ3) is 4.69. The summed E-state index contributed by atoms with van der Waals surface area (Å²) in [5.41, 5.74) is 3.20. The third-order valence-electron chi connectivity index (χ3n) is 4.19. The number of hydrogen-bond donors (Lipinski definition) is 1. The normalized spacial score (nSPS) is 11.0. The Balaban J connectivity index is 1.43. The van der Waals surface area contributed by atoms with Crippen molar-refractivity contribution in [3.63, 3.8) is 0 Å². The van der Waals surface area contributed by atoms with Crippen molar-refractivity contribution < 1.29 is 14.3 Å². The molecule has 0 aliphatic rings. The largest absolute Gasteiger partial charge is 0.466 e. The number of fused-ring (bicyclic) bond motifs is 1. The Labute approximate surface area is 185 Å². The van der Waals surface area contributed by atoms with E-state index < -0.39 is 0 Å². The molecule has 0 bridgehead atoms. The number of nitrogens with zero attached hydrogens (tertiary/aromatic N) is 3. The summed E-state index contributed by atoms with van der Waals surface area (Å²) in [6.45, 7) is 2.08. The van der Waals surface area contributed by atoms with Crippen LogP contribution in [0.15, 0.2) is 41.2 Å². The van der Waals surface area contributed by atoms with Crippen LogP contribution in [0.1, 0.15) is 18.3 Å². The highest BCUT2D eigenvalue weighted by atomic mass is 35.5. The van der Waals surface area contributed by atoms with Crippen molar-refractivity contribution in [2.45, 2.75) is 19.8 Å². The van der Waals surface area contributed by atoms with E-state index in [1.807, 2.05) is 40.2 Å². The van der Waals surface area contributed by atoms with Crippen molar-refractivity contribution in [1.29, 1.82) is 0 Å². The van der Waals surface area contributed by atoms with E-state index in [-0.39, 0.29) is 24.7 Å². The number of nitrogens with one attached hydrogen (secondary N) is 1. The third-order valence-corrected chi connectivity index (χ3v) is 6.14. The van der Waals surface area contributed by atoms with Crippen molar-refractivity contribution in [3.8, 4) is 11.3 Å². The predicted octanol–water partition coefficient (Wildman–Crippen LogP) is 4.46. The minimum atomic E-state index is -0.335. The van der Waals surface area contributed by atoms with Gasteiger partial charge in [-0.2, -0.15) is 0 Å². The average molecular weight is 461 g/mol. The van der Waals surface area contributed by atoms with Crippen molar-refractivity contribution >= 4 is 56.2 Å². The fourth-order valence-corrected chi connectivity index (χ4v) is 4.58. The number of anilines is 1. The van der Waals surface area contributed by atoms with Gasteiger partial charge in [0.05, 0.1) is 30.8 Å². The summed E-state index contributed by atoms with van der Waals surface area (Å²) in [5, 5.41) is 7.57. The molecule has 10 heteroatoms. The second kappa shape index (κ2) is 8.95. The second-order valence-electron chi connectivity index (χ2n) is 6.36. The molecule has 154 valence electrons. The van der Waals surface area contributed by atoms with Crippen LogP contribution in [-0.4, -0.2) is 32.9 Å². The van der Waals surface area contributed by atoms with E-state index in [0.29, 0.717) is 22.5 Å². The Hall–Kier alpha value is -2.75. The number of imidazole rings is 1. The number of carbonyl (C=O) groups excluding carboxylic acids is 2. The minimum absolute atomic E-state index is 0.0911. The number of thiazole rings is 2. The van der Waals surface area contributed by atoms with E-state index in [2.05, 4.69) is 15.3 Å². The maximum absolute atomic E-state index is 12.5. The molecular weight excluding hydrogens is 444 g/mol. The molecule has 0 unspecified atom stereocenters. The Morgan fingerprint density at radius 3 is 2.70 bits per heavy atom. The molecule has 1 N–H and O–H groups in total. The van der Waals surface area contributed by atoms with Crippen LogP contribution in [0.2, 0.25) is 5.02 Å². The van der Waals surface area contributed by atoms with E-state index in [9.17, 15) is 9.59 Å². The van der Waals surface area contributed by atoms with Crippen LogP contribution in [0, 0.1) is 0 Å². The summed E-state index contributed by atoms with van der Waals surface area (Å²) < 4.78 is 6.83. The molecular formula is C20H17ClN4O3S2. The molecule has 0 atom stereocenters. The van der Waals surface area contributed by atoms with E-state index in [0.717, 1.165) is 21.9 Å². The zero-order valence-corrected chi connectivity index (χ0v) is 18.3. The van der Waals surface area contributed by atoms with E-state index in [1.54, 1.807) is 12.3 Å².